The van der Waals surface area contributed by atoms with Crippen molar-refractivity contribution in [3.05, 3.63) is 29.8 Å². The Labute approximate surface area is 128 Å². The summed E-state index contributed by atoms with van der Waals surface area (Å²) in [7, 11) is 1.40. The second kappa shape index (κ2) is 5.76. The summed E-state index contributed by atoms with van der Waals surface area (Å²) in [6, 6.07) is 0. The highest BCUT2D eigenvalue weighted by atomic mass is 16.5. The Morgan fingerprint density at radius 3 is 2.91 bits per heavy atom. The summed E-state index contributed by atoms with van der Waals surface area (Å²) in [5, 5.41) is 10.3. The van der Waals surface area contributed by atoms with Gasteiger partial charge < -0.3 is 14.8 Å². The number of hydrogen-bond donors (Lipinski definition) is 2. The average Bonchev–Trinajstić information content (AvgIpc) is 2.99. The molecule has 2 aromatic rings. The van der Waals surface area contributed by atoms with Gasteiger partial charge in [0.25, 0.3) is 0 Å². The summed E-state index contributed by atoms with van der Waals surface area (Å²) in [4.78, 5) is 25.0. The fourth-order valence-electron chi connectivity index (χ4n) is 2.68. The predicted molar refractivity (Wildman–Crippen MR) is 79.0 cm³/mol. The zero-order valence-corrected chi connectivity index (χ0v) is 12.5. The molecule has 0 aliphatic carbocycles. The first-order chi connectivity index (χ1) is 10.6. The van der Waals surface area contributed by atoms with Crippen LogP contribution in [0.1, 0.15) is 11.3 Å². The average molecular weight is 302 g/mol. The number of H-pyrrole nitrogens is 1. The Bertz CT molecular complexity index is 678. The van der Waals surface area contributed by atoms with Crippen LogP contribution < -0.4 is 0 Å². The summed E-state index contributed by atoms with van der Waals surface area (Å²) in [6.45, 7) is 3.66. The van der Waals surface area contributed by atoms with E-state index in [0.29, 0.717) is 36.7 Å². The van der Waals surface area contributed by atoms with Gasteiger partial charge in [0.15, 0.2) is 0 Å². The molecule has 1 aliphatic rings. The molecule has 3 heterocycles. The SMILES string of the molecule is COC(=O)C1CN(Cc2cnc(C)c(O)c2-c2ncc[nH]2)C1. The molecule has 1 fully saturated rings. The molecular weight excluding hydrogens is 284 g/mol. The number of hydrogen-bond acceptors (Lipinski definition) is 6. The van der Waals surface area contributed by atoms with Crippen molar-refractivity contribution >= 4 is 5.97 Å². The molecule has 22 heavy (non-hydrogen) atoms. The molecule has 2 N–H and O–H groups in total. The number of aromatic amines is 1. The molecule has 0 atom stereocenters. The van der Waals surface area contributed by atoms with Crippen LogP contribution in [0.5, 0.6) is 5.75 Å². The third kappa shape index (κ3) is 2.55. The number of likely N-dealkylation sites (tertiary alicyclic amines) is 1. The number of rotatable bonds is 4. The van der Waals surface area contributed by atoms with E-state index in [1.807, 2.05) is 0 Å². The van der Waals surface area contributed by atoms with Crippen LogP contribution in [-0.4, -0.2) is 51.1 Å². The monoisotopic (exact) mass is 302 g/mol. The van der Waals surface area contributed by atoms with E-state index < -0.39 is 0 Å². The van der Waals surface area contributed by atoms with Gasteiger partial charge in [-0.25, -0.2) is 4.98 Å². The van der Waals surface area contributed by atoms with E-state index in [-0.39, 0.29) is 17.6 Å². The Morgan fingerprint density at radius 1 is 1.50 bits per heavy atom. The topological polar surface area (TPSA) is 91.3 Å². The molecule has 0 unspecified atom stereocenters. The van der Waals surface area contributed by atoms with Gasteiger partial charge in [-0.2, -0.15) is 0 Å². The van der Waals surface area contributed by atoms with Gasteiger partial charge in [0.2, 0.25) is 0 Å². The third-order valence-electron chi connectivity index (χ3n) is 3.94. The number of esters is 1. The summed E-state index contributed by atoms with van der Waals surface area (Å²) in [5.74, 6) is 0.511. The van der Waals surface area contributed by atoms with Crippen LogP contribution in [0.4, 0.5) is 0 Å². The third-order valence-corrected chi connectivity index (χ3v) is 3.94. The van der Waals surface area contributed by atoms with Gasteiger partial charge in [-0.3, -0.25) is 14.7 Å². The molecule has 0 spiro atoms. The quantitative estimate of drug-likeness (QED) is 0.822. The smallest absolute Gasteiger partial charge is 0.311 e. The number of carbonyl (C=O) groups is 1. The number of methoxy groups -OCH3 is 1. The maximum Gasteiger partial charge on any atom is 0.311 e. The van der Waals surface area contributed by atoms with Crippen LogP contribution in [0.15, 0.2) is 18.6 Å². The van der Waals surface area contributed by atoms with Crippen molar-refractivity contribution in [1.29, 1.82) is 0 Å². The van der Waals surface area contributed by atoms with Gasteiger partial charge in [-0.15, -0.1) is 0 Å². The minimum atomic E-state index is -0.174. The number of aromatic nitrogens is 3. The normalized spacial score (nSPS) is 15.5. The van der Waals surface area contributed by atoms with Crippen molar-refractivity contribution in [3.8, 4) is 17.1 Å². The summed E-state index contributed by atoms with van der Waals surface area (Å²) in [6.07, 6.45) is 5.11. The predicted octanol–water partition coefficient (Wildman–Crippen LogP) is 1.09. The molecule has 0 bridgehead atoms. The van der Waals surface area contributed by atoms with E-state index in [2.05, 4.69) is 19.9 Å². The van der Waals surface area contributed by atoms with Gasteiger partial charge in [-0.1, -0.05) is 0 Å². The minimum Gasteiger partial charge on any atom is -0.505 e. The fourth-order valence-corrected chi connectivity index (χ4v) is 2.68. The van der Waals surface area contributed by atoms with Crippen LogP contribution in [0.25, 0.3) is 11.4 Å². The molecule has 3 rings (SSSR count). The van der Waals surface area contributed by atoms with Crippen LogP contribution in [0, 0.1) is 12.8 Å². The number of nitrogens with one attached hydrogen (secondary N) is 1. The number of aryl methyl sites for hydroxylation is 1. The minimum absolute atomic E-state index is 0.0657. The van der Waals surface area contributed by atoms with Crippen LogP contribution >= 0.6 is 0 Å². The second-order valence-electron chi connectivity index (χ2n) is 5.44. The number of nitrogens with zero attached hydrogens (tertiary/aromatic N) is 3. The maximum atomic E-state index is 11.4. The molecule has 1 saturated heterocycles. The van der Waals surface area contributed by atoms with Crippen molar-refractivity contribution < 1.29 is 14.6 Å². The molecule has 7 nitrogen and oxygen atoms in total. The standard InChI is InChI=1S/C15H18N4O3/c1-9-13(20)12(14-16-3-4-17-14)10(5-18-9)6-19-7-11(8-19)15(21)22-2/h3-5,11,20H,6-8H2,1-2H3,(H,16,17). The first kappa shape index (κ1) is 14.5. The highest BCUT2D eigenvalue weighted by Crippen LogP contribution is 2.33. The largest absolute Gasteiger partial charge is 0.505 e. The first-order valence-electron chi connectivity index (χ1n) is 7.07. The van der Waals surface area contributed by atoms with E-state index in [1.54, 1.807) is 25.5 Å². The highest BCUT2D eigenvalue weighted by molar-refractivity contribution is 5.74. The highest BCUT2D eigenvalue weighted by Gasteiger charge is 2.34. The lowest BCUT2D eigenvalue weighted by Gasteiger charge is -2.37. The maximum absolute atomic E-state index is 11.4. The van der Waals surface area contributed by atoms with Gasteiger partial charge in [-0.05, 0) is 12.5 Å². The molecule has 1 aliphatic heterocycles. The second-order valence-corrected chi connectivity index (χ2v) is 5.44. The molecule has 116 valence electrons. The van der Waals surface area contributed by atoms with Crippen molar-refractivity contribution in [1.82, 2.24) is 19.9 Å². The van der Waals surface area contributed by atoms with E-state index >= 15 is 0 Å². The lowest BCUT2D eigenvalue weighted by molar-refractivity contribution is -0.151. The fraction of sp³-hybridized carbons (Fsp3) is 0.400. The van der Waals surface area contributed by atoms with Crippen LogP contribution in [0.2, 0.25) is 0 Å². The molecule has 0 amide bonds. The lowest BCUT2D eigenvalue weighted by Crippen LogP contribution is -2.50. The first-order valence-corrected chi connectivity index (χ1v) is 7.07. The number of aromatic hydroxyl groups is 1. The zero-order valence-electron chi connectivity index (χ0n) is 12.5. The Hall–Kier alpha value is -2.41. The van der Waals surface area contributed by atoms with E-state index in [9.17, 15) is 9.90 Å². The Kier molecular flexibility index (Phi) is 3.81. The molecule has 0 aromatic carbocycles. The van der Waals surface area contributed by atoms with Crippen LogP contribution in [0.3, 0.4) is 0 Å². The van der Waals surface area contributed by atoms with Crippen LogP contribution in [-0.2, 0) is 16.1 Å². The van der Waals surface area contributed by atoms with Crippen molar-refractivity contribution in [2.24, 2.45) is 5.92 Å². The van der Waals surface area contributed by atoms with E-state index in [4.69, 9.17) is 4.74 Å². The number of pyridine rings is 1. The number of ether oxygens (including phenoxy) is 1. The van der Waals surface area contributed by atoms with E-state index in [0.717, 1.165) is 5.56 Å². The molecule has 2 aromatic heterocycles. The Morgan fingerprint density at radius 2 is 2.27 bits per heavy atom. The van der Waals surface area contributed by atoms with Crippen molar-refractivity contribution in [2.75, 3.05) is 20.2 Å². The van der Waals surface area contributed by atoms with Crippen molar-refractivity contribution in [2.45, 2.75) is 13.5 Å². The zero-order chi connectivity index (χ0) is 15.7. The van der Waals surface area contributed by atoms with Crippen molar-refractivity contribution in [3.63, 3.8) is 0 Å². The number of imidazole rings is 1. The molecule has 0 saturated carbocycles. The number of carbonyl (C=O) groups excluding carboxylic acids is 1. The molecule has 0 radical (unpaired) electrons. The Balaban J connectivity index is 1.81. The summed E-state index contributed by atoms with van der Waals surface area (Å²) < 4.78 is 4.74. The van der Waals surface area contributed by atoms with Gasteiger partial charge >= 0.3 is 5.97 Å². The van der Waals surface area contributed by atoms with Gasteiger partial charge in [0.1, 0.15) is 11.6 Å². The van der Waals surface area contributed by atoms with Gasteiger partial charge in [0, 0.05) is 38.2 Å². The summed E-state index contributed by atoms with van der Waals surface area (Å²) >= 11 is 0. The summed E-state index contributed by atoms with van der Waals surface area (Å²) in [5.41, 5.74) is 2.10. The van der Waals surface area contributed by atoms with Gasteiger partial charge in [0.05, 0.1) is 24.3 Å². The lowest BCUT2D eigenvalue weighted by atomic mass is 9.98. The molecule has 7 heteroatoms. The van der Waals surface area contributed by atoms with E-state index in [1.165, 1.54) is 7.11 Å². The molecular formula is C15H18N4O3.